The van der Waals surface area contributed by atoms with Gasteiger partial charge in [0.25, 0.3) is 0 Å². The van der Waals surface area contributed by atoms with E-state index in [0.29, 0.717) is 5.75 Å². The Morgan fingerprint density at radius 3 is 1.79 bits per heavy atom. The number of hydrogen-bond donors (Lipinski definition) is 0. The normalized spacial score (nSPS) is 10.8. The summed E-state index contributed by atoms with van der Waals surface area (Å²) in [6, 6.07) is 26.6. The van der Waals surface area contributed by atoms with Crippen molar-refractivity contribution in [2.45, 2.75) is 23.6 Å². The lowest BCUT2D eigenvalue weighted by atomic mass is 10.2. The Bertz CT molecular complexity index is 794. The molecule has 0 saturated heterocycles. The maximum atomic E-state index is 12.8. The van der Waals surface area contributed by atoms with Crippen LogP contribution in [0.3, 0.4) is 0 Å². The van der Waals surface area contributed by atoms with Gasteiger partial charge in [-0.3, -0.25) is 4.79 Å². The Morgan fingerprint density at radius 2 is 1.29 bits per heavy atom. The monoisotopic (exact) mass is 333 g/mol. The highest BCUT2D eigenvalue weighted by Gasteiger charge is 2.29. The van der Waals surface area contributed by atoms with Crippen molar-refractivity contribution in [1.82, 2.24) is 0 Å². The van der Waals surface area contributed by atoms with Crippen LogP contribution >= 0.6 is 0 Å². The van der Waals surface area contributed by atoms with Gasteiger partial charge in [-0.25, -0.2) is 0 Å². The second-order valence-corrected chi connectivity index (χ2v) is 7.97. The van der Waals surface area contributed by atoms with Gasteiger partial charge in [-0.05, 0) is 49.2 Å². The third-order valence-electron chi connectivity index (χ3n) is 3.92. The Morgan fingerprint density at radius 1 is 0.750 bits per heavy atom. The molecule has 120 valence electrons. The molecule has 1 nitrogen and oxygen atoms in total. The predicted molar refractivity (Wildman–Crippen MR) is 102 cm³/mol. The number of ketones is 1. The Kier molecular flexibility index (Phi) is 5.17. The van der Waals surface area contributed by atoms with E-state index in [2.05, 4.69) is 62.4 Å². The highest BCUT2D eigenvalue weighted by atomic mass is 32.2. The van der Waals surface area contributed by atoms with Gasteiger partial charge in [0.2, 0.25) is 5.78 Å². The summed E-state index contributed by atoms with van der Waals surface area (Å²) in [7, 11) is -0.252. The minimum absolute atomic E-state index is 0.196. The van der Waals surface area contributed by atoms with Crippen LogP contribution in [0.2, 0.25) is 0 Å². The fourth-order valence-electron chi connectivity index (χ4n) is 2.68. The van der Waals surface area contributed by atoms with E-state index in [9.17, 15) is 4.79 Å². The Hall–Kier alpha value is -2.32. The first-order valence-corrected chi connectivity index (χ1v) is 9.45. The summed E-state index contributed by atoms with van der Waals surface area (Å²) < 4.78 is 0. The molecule has 0 N–H and O–H groups in total. The van der Waals surface area contributed by atoms with Crippen LogP contribution < -0.4 is 0 Å². The van der Waals surface area contributed by atoms with Crippen molar-refractivity contribution in [1.29, 1.82) is 0 Å². The molecule has 0 radical (unpaired) electrons. The van der Waals surface area contributed by atoms with Gasteiger partial charge in [0.15, 0.2) is 15.5 Å². The van der Waals surface area contributed by atoms with Crippen molar-refractivity contribution in [2.24, 2.45) is 0 Å². The highest BCUT2D eigenvalue weighted by molar-refractivity contribution is 7.97. The van der Waals surface area contributed by atoms with Gasteiger partial charge in [0.05, 0.1) is 10.9 Å². The van der Waals surface area contributed by atoms with Crippen molar-refractivity contribution in [2.75, 3.05) is 5.75 Å². The zero-order valence-corrected chi connectivity index (χ0v) is 14.8. The summed E-state index contributed by atoms with van der Waals surface area (Å²) in [4.78, 5) is 15.2. The summed E-state index contributed by atoms with van der Waals surface area (Å²) in [5.74, 6) is 0.707. The Balaban J connectivity index is 1.98. The molecule has 0 bridgehead atoms. The molecule has 0 aliphatic carbocycles. The summed E-state index contributed by atoms with van der Waals surface area (Å²) >= 11 is 0. The highest BCUT2D eigenvalue weighted by Crippen LogP contribution is 2.26. The van der Waals surface area contributed by atoms with Gasteiger partial charge in [-0.15, -0.1) is 0 Å². The average molecular weight is 333 g/mol. The van der Waals surface area contributed by atoms with E-state index in [-0.39, 0.29) is 16.7 Å². The number of hydrogen-bond acceptors (Lipinski definition) is 1. The van der Waals surface area contributed by atoms with Crippen LogP contribution in [0.1, 0.15) is 21.5 Å². The van der Waals surface area contributed by atoms with Crippen molar-refractivity contribution in [3.05, 3.63) is 95.6 Å². The maximum Gasteiger partial charge on any atom is 0.212 e. The van der Waals surface area contributed by atoms with Crippen LogP contribution in [0.15, 0.2) is 88.7 Å². The quantitative estimate of drug-likeness (QED) is 0.462. The van der Waals surface area contributed by atoms with Gasteiger partial charge in [-0.1, -0.05) is 54.6 Å². The fraction of sp³-hybridized carbons (Fsp3) is 0.136. The molecular formula is C22H21OS+. The molecule has 24 heavy (non-hydrogen) atoms. The molecule has 3 rings (SSSR count). The van der Waals surface area contributed by atoms with Gasteiger partial charge in [0, 0.05) is 5.56 Å². The molecule has 0 fully saturated rings. The average Bonchev–Trinajstić information content (AvgIpc) is 2.60. The zero-order chi connectivity index (χ0) is 16.9. The topological polar surface area (TPSA) is 17.1 Å². The van der Waals surface area contributed by atoms with E-state index in [4.69, 9.17) is 0 Å². The van der Waals surface area contributed by atoms with Crippen LogP contribution in [-0.2, 0) is 10.9 Å². The molecule has 0 aliphatic rings. The molecule has 2 heteroatoms. The molecule has 0 aliphatic heterocycles. The lowest BCUT2D eigenvalue weighted by molar-refractivity contribution is 0.102. The molecule has 0 saturated carbocycles. The molecule has 0 unspecified atom stereocenters. The van der Waals surface area contributed by atoms with Crippen LogP contribution in [0, 0.1) is 13.8 Å². The number of aryl methyl sites for hydroxylation is 2. The van der Waals surface area contributed by atoms with E-state index < -0.39 is 0 Å². The lowest BCUT2D eigenvalue weighted by Gasteiger charge is -2.09. The summed E-state index contributed by atoms with van der Waals surface area (Å²) in [5, 5.41) is 0. The SMILES string of the molecule is Cc1cccc([S+](CC(=O)c2ccccc2)c2cccc(C)c2)c1. The number of carbonyl (C=O) groups excluding carboxylic acids is 1. The Labute approximate surface area is 146 Å². The van der Waals surface area contributed by atoms with Crippen molar-refractivity contribution in [3.8, 4) is 0 Å². The largest absolute Gasteiger partial charge is 0.289 e. The second kappa shape index (κ2) is 7.50. The van der Waals surface area contributed by atoms with Crippen molar-refractivity contribution < 1.29 is 4.79 Å². The van der Waals surface area contributed by atoms with E-state index in [1.807, 2.05) is 30.3 Å². The van der Waals surface area contributed by atoms with Crippen molar-refractivity contribution >= 4 is 16.7 Å². The minimum atomic E-state index is -0.252. The van der Waals surface area contributed by atoms with Crippen LogP contribution in [0.25, 0.3) is 0 Å². The second-order valence-electron chi connectivity index (χ2n) is 5.96. The molecule has 3 aromatic carbocycles. The van der Waals surface area contributed by atoms with E-state index in [1.54, 1.807) is 0 Å². The molecule has 0 atom stereocenters. The molecule has 0 aromatic heterocycles. The van der Waals surface area contributed by atoms with Gasteiger partial charge in [0.1, 0.15) is 0 Å². The van der Waals surface area contributed by atoms with E-state index >= 15 is 0 Å². The molecule has 0 heterocycles. The van der Waals surface area contributed by atoms with Crippen LogP contribution in [0.5, 0.6) is 0 Å². The maximum absolute atomic E-state index is 12.8. The van der Waals surface area contributed by atoms with Gasteiger partial charge in [-0.2, -0.15) is 0 Å². The number of Topliss-reactive ketones (excluding diaryl/α,β-unsaturated/α-hetero) is 1. The summed E-state index contributed by atoms with van der Waals surface area (Å²) in [5.41, 5.74) is 3.24. The van der Waals surface area contributed by atoms with Crippen molar-refractivity contribution in [3.63, 3.8) is 0 Å². The molecule has 0 spiro atoms. The standard InChI is InChI=1S/C22H21OS/c1-17-8-6-12-20(14-17)24(21-13-7-9-18(2)15-21)16-22(23)19-10-4-3-5-11-19/h3-15H,16H2,1-2H3/q+1. The smallest absolute Gasteiger partial charge is 0.212 e. The predicted octanol–water partition coefficient (Wildman–Crippen LogP) is 5.22. The first-order chi connectivity index (χ1) is 11.6. The lowest BCUT2D eigenvalue weighted by Crippen LogP contribution is -2.17. The third kappa shape index (κ3) is 3.95. The first-order valence-electron chi connectivity index (χ1n) is 8.06. The molecular weight excluding hydrogens is 312 g/mol. The van der Waals surface area contributed by atoms with Gasteiger partial charge < -0.3 is 0 Å². The third-order valence-corrected chi connectivity index (χ3v) is 6.12. The minimum Gasteiger partial charge on any atom is -0.289 e. The number of benzene rings is 3. The first kappa shape index (κ1) is 16.5. The molecule has 0 amide bonds. The fourth-order valence-corrected chi connectivity index (χ4v) is 4.85. The molecule has 3 aromatic rings. The zero-order valence-electron chi connectivity index (χ0n) is 14.0. The summed E-state index contributed by atoms with van der Waals surface area (Å²) in [6.07, 6.45) is 0. The summed E-state index contributed by atoms with van der Waals surface area (Å²) in [6.45, 7) is 4.20. The van der Waals surface area contributed by atoms with Crippen LogP contribution in [-0.4, -0.2) is 11.5 Å². The van der Waals surface area contributed by atoms with E-state index in [0.717, 1.165) is 5.56 Å². The number of carbonyl (C=O) groups is 1. The van der Waals surface area contributed by atoms with Gasteiger partial charge >= 0.3 is 0 Å². The number of rotatable bonds is 5. The van der Waals surface area contributed by atoms with Crippen LogP contribution in [0.4, 0.5) is 0 Å². The van der Waals surface area contributed by atoms with E-state index in [1.165, 1.54) is 20.9 Å².